The molecular weight excluding hydrogens is 190 g/mol. The molecule has 0 saturated carbocycles. The first kappa shape index (κ1) is 10.7. The molecule has 6 heteroatoms. The smallest absolute Gasteiger partial charge is 0.478 e. The third-order valence-corrected chi connectivity index (χ3v) is 1.86. The molecule has 0 saturated heterocycles. The molecule has 0 fully saturated rings. The van der Waals surface area contributed by atoms with Crippen molar-refractivity contribution in [2.75, 3.05) is 0 Å². The molecule has 0 radical (unpaired) electrons. The first-order chi connectivity index (χ1) is 6.43. The van der Waals surface area contributed by atoms with E-state index in [0.29, 0.717) is 5.56 Å². The second-order valence-electron chi connectivity index (χ2n) is 2.87. The largest absolute Gasteiger partial charge is 0.488 e. The lowest BCUT2D eigenvalue weighted by Gasteiger charge is -2.06. The maximum absolute atomic E-state index is 13.0. The second kappa shape index (κ2) is 3.77. The normalized spacial score (nSPS) is 10.0. The number of carboxylic acids is 1. The standard InChI is InChI=1S/C8H8BFO4/c1-4-2-7(10)5(8(11)12)3-6(4)9(13)14/h2-3,13-14H,1H3,(H,11,12). The number of benzene rings is 1. The van der Waals surface area contributed by atoms with E-state index >= 15 is 0 Å². The van der Waals surface area contributed by atoms with Crippen molar-refractivity contribution in [2.24, 2.45) is 0 Å². The fraction of sp³-hybridized carbons (Fsp3) is 0.125. The molecule has 0 unspecified atom stereocenters. The first-order valence-corrected chi connectivity index (χ1v) is 3.83. The molecule has 1 aromatic rings. The van der Waals surface area contributed by atoms with E-state index < -0.39 is 24.5 Å². The van der Waals surface area contributed by atoms with Crippen molar-refractivity contribution in [1.82, 2.24) is 0 Å². The molecular formula is C8H8BFO4. The molecule has 0 bridgehead atoms. The van der Waals surface area contributed by atoms with Crippen LogP contribution in [0.3, 0.4) is 0 Å². The minimum Gasteiger partial charge on any atom is -0.478 e. The van der Waals surface area contributed by atoms with Crippen LogP contribution in [0, 0.1) is 12.7 Å². The van der Waals surface area contributed by atoms with E-state index in [1.54, 1.807) is 0 Å². The van der Waals surface area contributed by atoms with Gasteiger partial charge in [-0.05, 0) is 30.1 Å². The molecule has 1 aromatic carbocycles. The molecule has 0 amide bonds. The van der Waals surface area contributed by atoms with Gasteiger partial charge in [-0.25, -0.2) is 9.18 Å². The predicted octanol–water partition coefficient (Wildman–Crippen LogP) is -0.488. The van der Waals surface area contributed by atoms with Crippen molar-refractivity contribution >= 4 is 18.6 Å². The number of rotatable bonds is 2. The van der Waals surface area contributed by atoms with Gasteiger partial charge >= 0.3 is 13.1 Å². The highest BCUT2D eigenvalue weighted by atomic mass is 19.1. The van der Waals surface area contributed by atoms with Crippen molar-refractivity contribution < 1.29 is 24.3 Å². The zero-order valence-corrected chi connectivity index (χ0v) is 7.36. The Morgan fingerprint density at radius 2 is 2.00 bits per heavy atom. The summed E-state index contributed by atoms with van der Waals surface area (Å²) in [6, 6.07) is 1.87. The highest BCUT2D eigenvalue weighted by Gasteiger charge is 2.19. The Morgan fingerprint density at radius 1 is 1.43 bits per heavy atom. The lowest BCUT2D eigenvalue weighted by atomic mass is 9.76. The number of aromatic carboxylic acids is 1. The monoisotopic (exact) mass is 198 g/mol. The van der Waals surface area contributed by atoms with Crippen LogP contribution in [0.4, 0.5) is 4.39 Å². The van der Waals surface area contributed by atoms with Crippen molar-refractivity contribution in [1.29, 1.82) is 0 Å². The van der Waals surface area contributed by atoms with Gasteiger partial charge in [0.2, 0.25) is 0 Å². The van der Waals surface area contributed by atoms with Gasteiger partial charge in [0.05, 0.1) is 5.56 Å². The van der Waals surface area contributed by atoms with Crippen molar-refractivity contribution in [2.45, 2.75) is 6.92 Å². The van der Waals surface area contributed by atoms with Crippen LogP contribution < -0.4 is 5.46 Å². The van der Waals surface area contributed by atoms with Crippen LogP contribution in [0.15, 0.2) is 12.1 Å². The Kier molecular flexibility index (Phi) is 2.88. The summed E-state index contributed by atoms with van der Waals surface area (Å²) in [5.41, 5.74) is -0.287. The second-order valence-corrected chi connectivity index (χ2v) is 2.87. The highest BCUT2D eigenvalue weighted by molar-refractivity contribution is 6.59. The van der Waals surface area contributed by atoms with E-state index in [-0.39, 0.29) is 5.46 Å². The van der Waals surface area contributed by atoms with E-state index in [1.165, 1.54) is 6.92 Å². The summed E-state index contributed by atoms with van der Waals surface area (Å²) in [4.78, 5) is 10.5. The van der Waals surface area contributed by atoms with E-state index in [2.05, 4.69) is 0 Å². The summed E-state index contributed by atoms with van der Waals surface area (Å²) >= 11 is 0. The van der Waals surface area contributed by atoms with Crippen LogP contribution in [-0.4, -0.2) is 28.2 Å². The summed E-state index contributed by atoms with van der Waals surface area (Å²) < 4.78 is 13.0. The van der Waals surface area contributed by atoms with Crippen LogP contribution in [0.25, 0.3) is 0 Å². The Hall–Kier alpha value is -1.40. The fourth-order valence-electron chi connectivity index (χ4n) is 1.13. The van der Waals surface area contributed by atoms with E-state index in [4.69, 9.17) is 15.2 Å². The lowest BCUT2D eigenvalue weighted by molar-refractivity contribution is 0.0692. The van der Waals surface area contributed by atoms with Crippen LogP contribution >= 0.6 is 0 Å². The molecule has 0 aliphatic heterocycles. The molecule has 0 spiro atoms. The summed E-state index contributed by atoms with van der Waals surface area (Å²) in [7, 11) is -1.80. The lowest BCUT2D eigenvalue weighted by Crippen LogP contribution is -2.33. The average Bonchev–Trinajstić information content (AvgIpc) is 2.02. The van der Waals surface area contributed by atoms with Crippen molar-refractivity contribution in [3.8, 4) is 0 Å². The topological polar surface area (TPSA) is 77.8 Å². The number of hydrogen-bond donors (Lipinski definition) is 3. The summed E-state index contributed by atoms with van der Waals surface area (Å²) in [6.07, 6.45) is 0. The Labute approximate surface area is 79.8 Å². The molecule has 3 N–H and O–H groups in total. The maximum Gasteiger partial charge on any atom is 0.488 e. The van der Waals surface area contributed by atoms with E-state index in [0.717, 1.165) is 12.1 Å². The van der Waals surface area contributed by atoms with Crippen LogP contribution in [-0.2, 0) is 0 Å². The van der Waals surface area contributed by atoms with Gasteiger partial charge in [-0.2, -0.15) is 0 Å². The van der Waals surface area contributed by atoms with E-state index in [9.17, 15) is 9.18 Å². The zero-order valence-electron chi connectivity index (χ0n) is 7.36. The van der Waals surface area contributed by atoms with Crippen molar-refractivity contribution in [3.63, 3.8) is 0 Å². The minimum atomic E-state index is -1.80. The zero-order chi connectivity index (χ0) is 10.9. The van der Waals surface area contributed by atoms with Crippen LogP contribution in [0.5, 0.6) is 0 Å². The molecule has 1 rings (SSSR count). The summed E-state index contributed by atoms with van der Waals surface area (Å²) in [6.45, 7) is 1.46. The first-order valence-electron chi connectivity index (χ1n) is 3.83. The van der Waals surface area contributed by atoms with Gasteiger partial charge in [0.25, 0.3) is 0 Å². The maximum atomic E-state index is 13.0. The Bertz CT molecular complexity index is 378. The number of hydrogen-bond acceptors (Lipinski definition) is 3. The molecule has 74 valence electrons. The SMILES string of the molecule is Cc1cc(F)c(C(=O)O)cc1B(O)O. The number of aryl methyl sites for hydroxylation is 1. The minimum absolute atomic E-state index is 0.0104. The van der Waals surface area contributed by atoms with Gasteiger partial charge in [-0.3, -0.25) is 0 Å². The molecule has 0 heterocycles. The Morgan fingerprint density at radius 3 is 2.43 bits per heavy atom. The summed E-state index contributed by atoms with van der Waals surface area (Å²) in [5, 5.41) is 26.2. The van der Waals surface area contributed by atoms with Gasteiger partial charge in [0, 0.05) is 0 Å². The van der Waals surface area contributed by atoms with Gasteiger partial charge in [-0.15, -0.1) is 0 Å². The van der Waals surface area contributed by atoms with Crippen LogP contribution in [0.2, 0.25) is 0 Å². The molecule has 0 aromatic heterocycles. The highest BCUT2D eigenvalue weighted by Crippen LogP contribution is 2.08. The van der Waals surface area contributed by atoms with Gasteiger partial charge in [0.1, 0.15) is 5.82 Å². The average molecular weight is 198 g/mol. The quantitative estimate of drug-likeness (QED) is 0.560. The molecule has 0 atom stereocenters. The van der Waals surface area contributed by atoms with Gasteiger partial charge in [0.15, 0.2) is 0 Å². The molecule has 0 aliphatic rings. The van der Waals surface area contributed by atoms with Gasteiger partial charge in [-0.1, -0.05) is 0 Å². The van der Waals surface area contributed by atoms with E-state index in [1.807, 2.05) is 0 Å². The number of carboxylic acid groups (broad SMARTS) is 1. The molecule has 14 heavy (non-hydrogen) atoms. The third-order valence-electron chi connectivity index (χ3n) is 1.86. The predicted molar refractivity (Wildman–Crippen MR) is 47.9 cm³/mol. The molecule has 4 nitrogen and oxygen atoms in total. The fourth-order valence-corrected chi connectivity index (χ4v) is 1.13. The number of halogens is 1. The summed E-state index contributed by atoms with van der Waals surface area (Å²) in [5.74, 6) is -2.33. The number of carbonyl (C=O) groups is 1. The van der Waals surface area contributed by atoms with Crippen LogP contribution in [0.1, 0.15) is 15.9 Å². The van der Waals surface area contributed by atoms with Gasteiger partial charge < -0.3 is 15.2 Å². The molecule has 0 aliphatic carbocycles. The third kappa shape index (κ3) is 1.91. The van der Waals surface area contributed by atoms with Crippen molar-refractivity contribution in [3.05, 3.63) is 29.1 Å². The Balaban J connectivity index is 3.34.